The van der Waals surface area contributed by atoms with E-state index in [1.165, 1.54) is 0 Å². The molecule has 19 heavy (non-hydrogen) atoms. The van der Waals surface area contributed by atoms with E-state index in [4.69, 9.17) is 11.6 Å². The number of benzene rings is 1. The Bertz CT molecular complexity index is 473. The largest absolute Gasteiger partial charge is 0.325 e. The Morgan fingerprint density at radius 1 is 1.47 bits per heavy atom. The molecule has 2 N–H and O–H groups in total. The van der Waals surface area contributed by atoms with Crippen LogP contribution in [0.1, 0.15) is 24.8 Å². The molecule has 1 aromatic rings. The van der Waals surface area contributed by atoms with Gasteiger partial charge in [-0.25, -0.2) is 0 Å². The molecule has 0 aliphatic carbocycles. The number of hydrogen-bond donors (Lipinski definition) is 2. The van der Waals surface area contributed by atoms with Gasteiger partial charge in [0.05, 0.1) is 5.69 Å². The van der Waals surface area contributed by atoms with Crippen molar-refractivity contribution in [1.82, 2.24) is 5.32 Å². The lowest BCUT2D eigenvalue weighted by Crippen LogP contribution is -2.30. The van der Waals surface area contributed by atoms with E-state index >= 15 is 0 Å². The van der Waals surface area contributed by atoms with Crippen LogP contribution < -0.4 is 10.6 Å². The summed E-state index contributed by atoms with van der Waals surface area (Å²) in [5.41, 5.74) is 1.74. The third-order valence-corrected chi connectivity index (χ3v) is 4.52. The van der Waals surface area contributed by atoms with Gasteiger partial charge in [-0.3, -0.25) is 4.79 Å². The average Bonchev–Trinajstić information content (AvgIpc) is 2.37. The van der Waals surface area contributed by atoms with Crippen LogP contribution in [0.2, 0.25) is 5.02 Å². The fraction of sp³-hybridized carbons (Fsp3) is 0.500. The van der Waals surface area contributed by atoms with Gasteiger partial charge in [0, 0.05) is 15.9 Å². The summed E-state index contributed by atoms with van der Waals surface area (Å²) >= 11 is 9.53. The highest BCUT2D eigenvalue weighted by atomic mass is 79.9. The fourth-order valence-corrected chi connectivity index (χ4v) is 3.01. The predicted octanol–water partition coefficient (Wildman–Crippen LogP) is 3.74. The molecule has 0 bridgehead atoms. The summed E-state index contributed by atoms with van der Waals surface area (Å²) in [7, 11) is 0. The van der Waals surface area contributed by atoms with Gasteiger partial charge in [0.1, 0.15) is 0 Å². The van der Waals surface area contributed by atoms with Crippen LogP contribution in [0.3, 0.4) is 0 Å². The van der Waals surface area contributed by atoms with Crippen LogP contribution in [-0.4, -0.2) is 19.0 Å². The van der Waals surface area contributed by atoms with Gasteiger partial charge in [-0.15, -0.1) is 0 Å². The number of piperidine rings is 1. The average molecular weight is 346 g/mol. The molecule has 1 aliphatic heterocycles. The number of nitrogens with one attached hydrogen (secondary N) is 2. The highest BCUT2D eigenvalue weighted by molar-refractivity contribution is 9.10. The van der Waals surface area contributed by atoms with Crippen molar-refractivity contribution in [3.63, 3.8) is 0 Å². The Morgan fingerprint density at radius 3 is 2.84 bits per heavy atom. The Labute approximate surface area is 127 Å². The van der Waals surface area contributed by atoms with Crippen molar-refractivity contribution >= 4 is 39.1 Å². The van der Waals surface area contributed by atoms with Crippen LogP contribution in [0.25, 0.3) is 0 Å². The van der Waals surface area contributed by atoms with Crippen molar-refractivity contribution in [2.75, 3.05) is 18.4 Å². The molecule has 5 heteroatoms. The van der Waals surface area contributed by atoms with Crippen molar-refractivity contribution in [3.05, 3.63) is 27.2 Å². The van der Waals surface area contributed by atoms with Crippen molar-refractivity contribution < 1.29 is 4.79 Å². The molecule has 0 unspecified atom stereocenters. The molecule has 0 saturated carbocycles. The van der Waals surface area contributed by atoms with Crippen molar-refractivity contribution in [3.8, 4) is 0 Å². The van der Waals surface area contributed by atoms with Crippen LogP contribution in [0.15, 0.2) is 16.6 Å². The van der Waals surface area contributed by atoms with Gasteiger partial charge in [0.25, 0.3) is 0 Å². The quantitative estimate of drug-likeness (QED) is 0.876. The lowest BCUT2D eigenvalue weighted by Gasteiger charge is -2.22. The summed E-state index contributed by atoms with van der Waals surface area (Å²) in [5.74, 6) is 0.550. The number of aryl methyl sites for hydroxylation is 1. The summed E-state index contributed by atoms with van der Waals surface area (Å²) in [6.45, 7) is 3.96. The lowest BCUT2D eigenvalue weighted by atomic mass is 9.94. The Balaban J connectivity index is 1.96. The van der Waals surface area contributed by atoms with Gasteiger partial charge >= 0.3 is 0 Å². The minimum atomic E-state index is 0.0625. The second-order valence-electron chi connectivity index (χ2n) is 5.03. The molecular weight excluding hydrogens is 328 g/mol. The number of rotatable bonds is 3. The maximum atomic E-state index is 12.0. The van der Waals surface area contributed by atoms with Crippen LogP contribution in [0.5, 0.6) is 0 Å². The number of carbonyl (C=O) groups excluding carboxylic acids is 1. The molecular formula is C14H18BrClN2O. The van der Waals surface area contributed by atoms with Crippen molar-refractivity contribution in [2.45, 2.75) is 26.2 Å². The molecule has 0 spiro atoms. The maximum absolute atomic E-state index is 12.0. The van der Waals surface area contributed by atoms with Gasteiger partial charge in [-0.1, -0.05) is 11.6 Å². The molecule has 1 aromatic carbocycles. The number of carbonyl (C=O) groups is 1. The first-order chi connectivity index (χ1) is 9.06. The molecule has 1 heterocycles. The number of halogens is 2. The minimum Gasteiger partial charge on any atom is -0.325 e. The summed E-state index contributed by atoms with van der Waals surface area (Å²) in [4.78, 5) is 12.0. The van der Waals surface area contributed by atoms with Gasteiger partial charge in [-0.05, 0) is 72.4 Å². The standard InChI is InChI=1S/C14H18BrClN2O/c1-9-6-11(15)13(8-12(9)16)18-14(19)7-10-2-4-17-5-3-10/h6,8,10,17H,2-5,7H2,1H3,(H,18,19). The normalized spacial score (nSPS) is 16.4. The number of anilines is 1. The van der Waals surface area contributed by atoms with E-state index in [9.17, 15) is 4.79 Å². The fourth-order valence-electron chi connectivity index (χ4n) is 2.29. The molecule has 104 valence electrons. The molecule has 1 amide bonds. The zero-order valence-electron chi connectivity index (χ0n) is 10.9. The van der Waals surface area contributed by atoms with E-state index in [0.29, 0.717) is 17.4 Å². The van der Waals surface area contributed by atoms with E-state index in [2.05, 4.69) is 26.6 Å². The molecule has 1 aliphatic rings. The van der Waals surface area contributed by atoms with Crippen molar-refractivity contribution in [1.29, 1.82) is 0 Å². The van der Waals surface area contributed by atoms with Crippen LogP contribution in [0.4, 0.5) is 5.69 Å². The van der Waals surface area contributed by atoms with Gasteiger partial charge < -0.3 is 10.6 Å². The highest BCUT2D eigenvalue weighted by Crippen LogP contribution is 2.29. The Hall–Kier alpha value is -0.580. The van der Waals surface area contributed by atoms with E-state index in [1.807, 2.05) is 13.0 Å². The Kier molecular flexibility index (Phi) is 5.25. The van der Waals surface area contributed by atoms with E-state index in [1.54, 1.807) is 6.07 Å². The van der Waals surface area contributed by atoms with Crippen LogP contribution >= 0.6 is 27.5 Å². The topological polar surface area (TPSA) is 41.1 Å². The monoisotopic (exact) mass is 344 g/mol. The molecule has 1 saturated heterocycles. The summed E-state index contributed by atoms with van der Waals surface area (Å²) < 4.78 is 0.869. The smallest absolute Gasteiger partial charge is 0.224 e. The SMILES string of the molecule is Cc1cc(Br)c(NC(=O)CC2CCNCC2)cc1Cl. The maximum Gasteiger partial charge on any atom is 0.224 e. The second kappa shape index (κ2) is 6.73. The third kappa shape index (κ3) is 4.20. The second-order valence-corrected chi connectivity index (χ2v) is 6.29. The molecule has 0 atom stereocenters. The molecule has 3 nitrogen and oxygen atoms in total. The summed E-state index contributed by atoms with van der Waals surface area (Å²) in [6, 6.07) is 3.71. The lowest BCUT2D eigenvalue weighted by molar-refractivity contribution is -0.117. The van der Waals surface area contributed by atoms with E-state index in [0.717, 1.165) is 41.7 Å². The van der Waals surface area contributed by atoms with Crippen LogP contribution in [0, 0.1) is 12.8 Å². The molecule has 1 fully saturated rings. The van der Waals surface area contributed by atoms with Crippen molar-refractivity contribution in [2.24, 2.45) is 5.92 Å². The molecule has 2 rings (SSSR count). The first kappa shape index (κ1) is 14.8. The summed E-state index contributed by atoms with van der Waals surface area (Å²) in [6.07, 6.45) is 2.73. The predicted molar refractivity (Wildman–Crippen MR) is 82.7 cm³/mol. The third-order valence-electron chi connectivity index (χ3n) is 3.46. The number of amides is 1. The van der Waals surface area contributed by atoms with Gasteiger partial charge in [-0.2, -0.15) is 0 Å². The number of hydrogen-bond acceptors (Lipinski definition) is 2. The molecule has 0 aromatic heterocycles. The zero-order valence-corrected chi connectivity index (χ0v) is 13.3. The Morgan fingerprint density at radius 2 is 2.16 bits per heavy atom. The first-order valence-corrected chi connectivity index (χ1v) is 7.69. The highest BCUT2D eigenvalue weighted by Gasteiger charge is 2.17. The first-order valence-electron chi connectivity index (χ1n) is 6.52. The minimum absolute atomic E-state index is 0.0625. The molecule has 0 radical (unpaired) electrons. The van der Waals surface area contributed by atoms with E-state index < -0.39 is 0 Å². The van der Waals surface area contributed by atoms with E-state index in [-0.39, 0.29) is 5.91 Å². The van der Waals surface area contributed by atoms with Crippen LogP contribution in [-0.2, 0) is 4.79 Å². The zero-order chi connectivity index (χ0) is 13.8. The van der Waals surface area contributed by atoms with Gasteiger partial charge in [0.15, 0.2) is 0 Å². The van der Waals surface area contributed by atoms with Gasteiger partial charge in [0.2, 0.25) is 5.91 Å². The summed E-state index contributed by atoms with van der Waals surface area (Å²) in [5, 5.41) is 6.91.